The van der Waals surface area contributed by atoms with E-state index in [2.05, 4.69) is 75.1 Å². The molecule has 2 aromatic carbocycles. The Hall–Kier alpha value is -5.24. The number of aryl methyl sites for hydroxylation is 1. The summed E-state index contributed by atoms with van der Waals surface area (Å²) in [7, 11) is 1.42. The number of nitrogens with one attached hydrogen (secondary N) is 1. The largest absolute Gasteiger partial charge is 0.478 e. The van der Waals surface area contributed by atoms with Gasteiger partial charge in [0.05, 0.1) is 29.6 Å². The van der Waals surface area contributed by atoms with Crippen molar-refractivity contribution < 1.29 is 19.4 Å². The second-order valence-corrected chi connectivity index (χ2v) is 13.7. The number of hydrogen-bond acceptors (Lipinski definition) is 5. The molecule has 0 aliphatic heterocycles. The van der Waals surface area contributed by atoms with Crippen LogP contribution in [0.25, 0.3) is 21.8 Å². The molecule has 2 N–H and O–H groups in total. The van der Waals surface area contributed by atoms with Gasteiger partial charge in [-0.3, -0.25) is 9.97 Å². The topological polar surface area (TPSA) is 110 Å². The lowest BCUT2D eigenvalue weighted by Gasteiger charge is -2.09. The Morgan fingerprint density at radius 2 is 1.46 bits per heavy atom. The summed E-state index contributed by atoms with van der Waals surface area (Å²) in [6.45, 7) is 3.26. The van der Waals surface area contributed by atoms with E-state index in [-0.39, 0.29) is 5.97 Å². The van der Waals surface area contributed by atoms with Gasteiger partial charge in [0.25, 0.3) is 0 Å². The zero-order chi connectivity index (χ0) is 34.6. The molecule has 0 atom stereocenters. The summed E-state index contributed by atoms with van der Waals surface area (Å²) in [4.78, 5) is 36.1. The number of esters is 1. The molecule has 4 aromatic heterocycles. The van der Waals surface area contributed by atoms with E-state index >= 15 is 0 Å². The third-order valence-electron chi connectivity index (χ3n) is 9.91. The maximum Gasteiger partial charge on any atom is 0.339 e. The molecule has 0 unspecified atom stereocenters. The van der Waals surface area contributed by atoms with Gasteiger partial charge in [0.1, 0.15) is 0 Å². The van der Waals surface area contributed by atoms with Gasteiger partial charge >= 0.3 is 11.9 Å². The Bertz CT molecular complexity index is 2150. The van der Waals surface area contributed by atoms with Crippen LogP contribution in [0, 0.1) is 0 Å². The number of rotatable bonds is 12. The molecule has 256 valence electrons. The monoisotopic (exact) mass is 668 g/mol. The third-order valence-corrected chi connectivity index (χ3v) is 9.91. The van der Waals surface area contributed by atoms with Crippen LogP contribution in [0.2, 0.25) is 0 Å². The van der Waals surface area contributed by atoms with E-state index in [1.807, 2.05) is 36.8 Å². The molecular formula is C42H44N4O4. The maximum absolute atomic E-state index is 12.1. The highest BCUT2D eigenvalue weighted by Crippen LogP contribution is 2.41. The highest BCUT2D eigenvalue weighted by atomic mass is 16.5. The molecule has 0 spiro atoms. The molecule has 6 aromatic rings. The summed E-state index contributed by atoms with van der Waals surface area (Å²) >= 11 is 0. The van der Waals surface area contributed by atoms with Crippen LogP contribution in [0.5, 0.6) is 0 Å². The van der Waals surface area contributed by atoms with E-state index in [0.29, 0.717) is 41.5 Å². The van der Waals surface area contributed by atoms with Crippen molar-refractivity contribution >= 4 is 33.7 Å². The van der Waals surface area contributed by atoms with Crippen LogP contribution in [-0.2, 0) is 24.1 Å². The summed E-state index contributed by atoms with van der Waals surface area (Å²) in [5.74, 6) is -0.120. The van der Waals surface area contributed by atoms with E-state index in [4.69, 9.17) is 4.74 Å². The average molecular weight is 669 g/mol. The number of aromatic nitrogens is 4. The molecule has 4 heterocycles. The Labute approximate surface area is 292 Å². The molecule has 0 bridgehead atoms. The van der Waals surface area contributed by atoms with E-state index in [9.17, 15) is 14.7 Å². The van der Waals surface area contributed by atoms with Gasteiger partial charge in [-0.2, -0.15) is 0 Å². The van der Waals surface area contributed by atoms with Crippen molar-refractivity contribution in [2.24, 2.45) is 0 Å². The van der Waals surface area contributed by atoms with Crippen LogP contribution in [0.15, 0.2) is 85.5 Å². The normalized spacial score (nSPS) is 14.0. The lowest BCUT2D eigenvalue weighted by atomic mass is 10.0. The molecule has 2 fully saturated rings. The van der Waals surface area contributed by atoms with Crippen LogP contribution in [0.3, 0.4) is 0 Å². The van der Waals surface area contributed by atoms with Crippen molar-refractivity contribution in [3.05, 3.63) is 130 Å². The lowest BCUT2D eigenvalue weighted by Crippen LogP contribution is -2.09. The number of carboxylic acids is 1. The second kappa shape index (κ2) is 14.7. The minimum atomic E-state index is -0.886. The number of H-pyrrole nitrogens is 1. The molecule has 2 saturated carbocycles. The van der Waals surface area contributed by atoms with Gasteiger partial charge in [-0.15, -0.1) is 0 Å². The lowest BCUT2D eigenvalue weighted by molar-refractivity contribution is 0.0598. The number of nitrogens with zero attached hydrogens (tertiary/aromatic N) is 3. The van der Waals surface area contributed by atoms with Crippen molar-refractivity contribution in [1.82, 2.24) is 19.5 Å². The summed E-state index contributed by atoms with van der Waals surface area (Å²) in [5, 5.41) is 12.0. The van der Waals surface area contributed by atoms with Crippen LogP contribution in [0.1, 0.15) is 118 Å². The molecule has 0 saturated heterocycles. The minimum absolute atomic E-state index is 0.308. The zero-order valence-electron chi connectivity index (χ0n) is 28.8. The average Bonchev–Trinajstić information content (AvgIpc) is 4.07. The first-order chi connectivity index (χ1) is 24.4. The van der Waals surface area contributed by atoms with Crippen LogP contribution >= 0.6 is 0 Å². The highest BCUT2D eigenvalue weighted by Gasteiger charge is 2.27. The van der Waals surface area contributed by atoms with Gasteiger partial charge in [0.2, 0.25) is 0 Å². The van der Waals surface area contributed by atoms with Crippen molar-refractivity contribution in [1.29, 1.82) is 0 Å². The summed E-state index contributed by atoms with van der Waals surface area (Å²) < 4.78 is 7.25. The number of aromatic amines is 1. The summed E-state index contributed by atoms with van der Waals surface area (Å²) in [6.07, 6.45) is 17.3. The molecule has 8 heteroatoms. The van der Waals surface area contributed by atoms with Gasteiger partial charge in [0, 0.05) is 55.2 Å². The summed E-state index contributed by atoms with van der Waals surface area (Å²) in [6, 6.07) is 20.6. The first-order valence-electron chi connectivity index (χ1n) is 17.8. The highest BCUT2D eigenvalue weighted by molar-refractivity contribution is 5.91. The second-order valence-electron chi connectivity index (χ2n) is 13.7. The number of pyridine rings is 2. The van der Waals surface area contributed by atoms with Crippen molar-refractivity contribution in [3.63, 3.8) is 0 Å². The number of benzene rings is 2. The number of aromatic carboxylic acids is 1. The Morgan fingerprint density at radius 1 is 0.820 bits per heavy atom. The number of carboxylic acid groups (broad SMARTS) is 1. The van der Waals surface area contributed by atoms with E-state index in [1.54, 1.807) is 0 Å². The zero-order valence-corrected chi connectivity index (χ0v) is 28.8. The van der Waals surface area contributed by atoms with Crippen molar-refractivity contribution in [2.75, 3.05) is 7.11 Å². The van der Waals surface area contributed by atoms with Crippen molar-refractivity contribution in [2.45, 2.75) is 83.1 Å². The molecule has 50 heavy (non-hydrogen) atoms. The molecule has 0 radical (unpaired) electrons. The number of ether oxygens (including phenoxy) is 1. The van der Waals surface area contributed by atoms with Crippen LogP contribution in [0.4, 0.5) is 0 Å². The minimum Gasteiger partial charge on any atom is -0.478 e. The predicted molar refractivity (Wildman–Crippen MR) is 196 cm³/mol. The Morgan fingerprint density at radius 3 is 2.10 bits per heavy atom. The van der Waals surface area contributed by atoms with E-state index in [0.717, 1.165) is 58.2 Å². The van der Waals surface area contributed by atoms with Gasteiger partial charge < -0.3 is 19.4 Å². The fourth-order valence-corrected chi connectivity index (χ4v) is 6.74. The number of carbonyl (C=O) groups excluding carboxylic acids is 1. The molecular weight excluding hydrogens is 624 g/mol. The first-order valence-corrected chi connectivity index (χ1v) is 17.8. The van der Waals surface area contributed by atoms with Gasteiger partial charge in [-0.25, -0.2) is 9.59 Å². The SMILES string of the molecule is CCCCCn1ccc2cc(Cc3ncc(C4CC4)cc3C(=O)O)ccc21.COC(=O)c1cc(C2CC2)cnc1Cc1ccc2[nH]ccc2c1. The van der Waals surface area contributed by atoms with Crippen LogP contribution in [-0.4, -0.2) is 43.7 Å². The Balaban J connectivity index is 0.000000159. The quantitative estimate of drug-likeness (QED) is 0.0994. The molecule has 2 aliphatic carbocycles. The molecule has 8 nitrogen and oxygen atoms in total. The van der Waals surface area contributed by atoms with E-state index < -0.39 is 5.97 Å². The number of fused-ring (bicyclic) bond motifs is 2. The number of unbranched alkanes of at least 4 members (excludes halogenated alkanes) is 2. The van der Waals surface area contributed by atoms with Crippen molar-refractivity contribution in [3.8, 4) is 0 Å². The third kappa shape index (κ3) is 7.65. The smallest absolute Gasteiger partial charge is 0.339 e. The predicted octanol–water partition coefficient (Wildman–Crippen LogP) is 9.21. The molecule has 0 amide bonds. The maximum atomic E-state index is 12.1. The van der Waals surface area contributed by atoms with E-state index in [1.165, 1.54) is 50.1 Å². The molecule has 8 rings (SSSR count). The fourth-order valence-electron chi connectivity index (χ4n) is 6.74. The standard InChI is InChI=1S/C23H26N2O2.C19H18N2O2/c1-2-3-4-10-25-11-9-18-12-16(5-8-22(18)25)13-21-20(23(26)27)14-19(15-24-21)17-6-7-17;1-23-19(22)16-10-15(13-3-4-13)11-21-18(16)9-12-2-5-17-14(8-12)6-7-20-17/h5,8-9,11-12,14-15,17H,2-4,6-7,10,13H2,1H3,(H,26,27);2,5-8,10-11,13,20H,3-4,9H2,1H3. The molecule has 2 aliphatic rings. The fraction of sp³-hybridized carbons (Fsp3) is 0.333. The Kier molecular flexibility index (Phi) is 9.78. The van der Waals surface area contributed by atoms with Gasteiger partial charge in [-0.05, 0) is 125 Å². The van der Waals surface area contributed by atoms with Gasteiger partial charge in [-0.1, -0.05) is 31.9 Å². The van der Waals surface area contributed by atoms with Gasteiger partial charge in [0.15, 0.2) is 0 Å². The number of carbonyl (C=O) groups is 2. The number of methoxy groups -OCH3 is 1. The first kappa shape index (κ1) is 33.3. The number of hydrogen-bond donors (Lipinski definition) is 2. The van der Waals surface area contributed by atoms with Crippen LogP contribution < -0.4 is 0 Å². The summed E-state index contributed by atoms with van der Waals surface area (Å²) in [5.41, 5.74) is 9.15.